The molecule has 2 amide bonds. The van der Waals surface area contributed by atoms with Gasteiger partial charge in [0.2, 0.25) is 5.91 Å². The maximum Gasteiger partial charge on any atom is 0.255 e. The van der Waals surface area contributed by atoms with Crippen LogP contribution in [0.5, 0.6) is 5.75 Å². The first-order valence-electron chi connectivity index (χ1n) is 6.93. The van der Waals surface area contributed by atoms with E-state index in [2.05, 4.69) is 5.32 Å². The average molecular weight is 311 g/mol. The van der Waals surface area contributed by atoms with Crippen LogP contribution in [0, 0.1) is 0 Å². The lowest BCUT2D eigenvalue weighted by Crippen LogP contribution is -2.46. The molecule has 21 heavy (non-hydrogen) atoms. The maximum absolute atomic E-state index is 12.3. The first kappa shape index (κ1) is 15.6. The first-order valence-corrected chi connectivity index (χ1v) is 7.46. The number of ether oxygens (including phenoxy) is 1. The SMILES string of the molecule is COc1ccccc1C(=O)NC1CCN(C(=O)CCl)CC1. The van der Waals surface area contributed by atoms with E-state index in [9.17, 15) is 9.59 Å². The van der Waals surface area contributed by atoms with Crippen molar-refractivity contribution in [3.63, 3.8) is 0 Å². The average Bonchev–Trinajstić information content (AvgIpc) is 2.54. The molecule has 0 atom stereocenters. The third-order valence-corrected chi connectivity index (χ3v) is 3.88. The Morgan fingerprint density at radius 3 is 2.62 bits per heavy atom. The van der Waals surface area contributed by atoms with Crippen molar-refractivity contribution in [1.82, 2.24) is 10.2 Å². The lowest BCUT2D eigenvalue weighted by atomic mass is 10.0. The van der Waals surface area contributed by atoms with Gasteiger partial charge in [-0.15, -0.1) is 11.6 Å². The Hall–Kier alpha value is -1.75. The molecule has 1 saturated heterocycles. The van der Waals surface area contributed by atoms with Gasteiger partial charge in [-0.25, -0.2) is 0 Å². The fourth-order valence-corrected chi connectivity index (χ4v) is 2.62. The van der Waals surface area contributed by atoms with Crippen LogP contribution in [0.4, 0.5) is 0 Å². The van der Waals surface area contributed by atoms with Crippen molar-refractivity contribution in [3.8, 4) is 5.75 Å². The van der Waals surface area contributed by atoms with E-state index >= 15 is 0 Å². The molecule has 5 nitrogen and oxygen atoms in total. The van der Waals surface area contributed by atoms with Crippen LogP contribution in [0.3, 0.4) is 0 Å². The van der Waals surface area contributed by atoms with Gasteiger partial charge in [-0.1, -0.05) is 12.1 Å². The zero-order valence-corrected chi connectivity index (χ0v) is 12.7. The van der Waals surface area contributed by atoms with Gasteiger partial charge >= 0.3 is 0 Å². The molecule has 1 heterocycles. The summed E-state index contributed by atoms with van der Waals surface area (Å²) in [7, 11) is 1.54. The van der Waals surface area contributed by atoms with Crippen molar-refractivity contribution in [2.24, 2.45) is 0 Å². The van der Waals surface area contributed by atoms with Crippen molar-refractivity contribution >= 4 is 23.4 Å². The maximum atomic E-state index is 12.3. The summed E-state index contributed by atoms with van der Waals surface area (Å²) in [6, 6.07) is 7.20. The van der Waals surface area contributed by atoms with Crippen LogP contribution in [-0.2, 0) is 4.79 Å². The molecule has 114 valence electrons. The number of nitrogens with zero attached hydrogens (tertiary/aromatic N) is 1. The Kier molecular flexibility index (Phi) is 5.44. The highest BCUT2D eigenvalue weighted by molar-refractivity contribution is 6.27. The van der Waals surface area contributed by atoms with Gasteiger partial charge in [0, 0.05) is 19.1 Å². The second kappa shape index (κ2) is 7.31. The van der Waals surface area contributed by atoms with Crippen molar-refractivity contribution in [3.05, 3.63) is 29.8 Å². The number of benzene rings is 1. The molecule has 2 rings (SSSR count). The Morgan fingerprint density at radius 1 is 1.33 bits per heavy atom. The molecule has 1 N–H and O–H groups in total. The van der Waals surface area contributed by atoms with E-state index in [1.54, 1.807) is 30.2 Å². The normalized spacial score (nSPS) is 15.6. The van der Waals surface area contributed by atoms with E-state index in [-0.39, 0.29) is 23.7 Å². The van der Waals surface area contributed by atoms with Gasteiger partial charge in [-0.3, -0.25) is 9.59 Å². The van der Waals surface area contributed by atoms with Gasteiger partial charge in [-0.2, -0.15) is 0 Å². The van der Waals surface area contributed by atoms with E-state index < -0.39 is 0 Å². The molecule has 0 unspecified atom stereocenters. The number of alkyl halides is 1. The number of piperidine rings is 1. The first-order chi connectivity index (χ1) is 10.2. The summed E-state index contributed by atoms with van der Waals surface area (Å²) in [5.41, 5.74) is 0.527. The highest BCUT2D eigenvalue weighted by Gasteiger charge is 2.24. The molecule has 0 spiro atoms. The quantitative estimate of drug-likeness (QED) is 0.860. The third-order valence-electron chi connectivity index (χ3n) is 3.65. The van der Waals surface area contributed by atoms with Crippen LogP contribution in [0.2, 0.25) is 0 Å². The Bertz CT molecular complexity index is 513. The fraction of sp³-hybridized carbons (Fsp3) is 0.467. The molecule has 6 heteroatoms. The minimum atomic E-state index is -0.144. The summed E-state index contributed by atoms with van der Waals surface area (Å²) >= 11 is 5.54. The van der Waals surface area contributed by atoms with Gasteiger partial charge < -0.3 is 15.0 Å². The number of amides is 2. The summed E-state index contributed by atoms with van der Waals surface area (Å²) in [4.78, 5) is 25.5. The summed E-state index contributed by atoms with van der Waals surface area (Å²) < 4.78 is 5.19. The Morgan fingerprint density at radius 2 is 2.00 bits per heavy atom. The largest absolute Gasteiger partial charge is 0.496 e. The van der Waals surface area contributed by atoms with E-state index in [4.69, 9.17) is 16.3 Å². The van der Waals surface area contributed by atoms with Gasteiger partial charge in [0.1, 0.15) is 11.6 Å². The van der Waals surface area contributed by atoms with E-state index in [0.29, 0.717) is 24.4 Å². The van der Waals surface area contributed by atoms with Crippen LogP contribution in [0.25, 0.3) is 0 Å². The van der Waals surface area contributed by atoms with E-state index in [1.165, 1.54) is 0 Å². The topological polar surface area (TPSA) is 58.6 Å². The number of carbonyl (C=O) groups is 2. The van der Waals surface area contributed by atoms with E-state index in [1.807, 2.05) is 6.07 Å². The highest BCUT2D eigenvalue weighted by Crippen LogP contribution is 2.18. The number of hydrogen-bond donors (Lipinski definition) is 1. The number of hydrogen-bond acceptors (Lipinski definition) is 3. The van der Waals surface area contributed by atoms with Crippen LogP contribution < -0.4 is 10.1 Å². The number of rotatable bonds is 4. The van der Waals surface area contributed by atoms with Crippen molar-refractivity contribution in [2.75, 3.05) is 26.1 Å². The molecule has 1 aromatic rings. The lowest BCUT2D eigenvalue weighted by Gasteiger charge is -2.32. The highest BCUT2D eigenvalue weighted by atomic mass is 35.5. The van der Waals surface area contributed by atoms with Crippen molar-refractivity contribution in [1.29, 1.82) is 0 Å². The van der Waals surface area contributed by atoms with Crippen LogP contribution in [0.15, 0.2) is 24.3 Å². The Labute approximate surface area is 129 Å². The van der Waals surface area contributed by atoms with Crippen LogP contribution >= 0.6 is 11.6 Å². The van der Waals surface area contributed by atoms with Gasteiger partial charge in [0.05, 0.1) is 12.7 Å². The predicted octanol–water partition coefficient (Wildman–Crippen LogP) is 1.65. The molecule has 1 aromatic carbocycles. The summed E-state index contributed by atoms with van der Waals surface area (Å²) in [6.07, 6.45) is 1.48. The minimum Gasteiger partial charge on any atom is -0.496 e. The predicted molar refractivity (Wildman–Crippen MR) is 80.8 cm³/mol. The molecule has 1 aliphatic rings. The monoisotopic (exact) mass is 310 g/mol. The second-order valence-corrected chi connectivity index (χ2v) is 5.23. The number of likely N-dealkylation sites (tertiary alicyclic amines) is 1. The molecular formula is C15H19ClN2O3. The Balaban J connectivity index is 1.91. The molecular weight excluding hydrogens is 292 g/mol. The zero-order chi connectivity index (χ0) is 15.2. The summed E-state index contributed by atoms with van der Waals surface area (Å²) in [6.45, 7) is 1.25. The van der Waals surface area contributed by atoms with Crippen molar-refractivity contribution in [2.45, 2.75) is 18.9 Å². The number of nitrogens with one attached hydrogen (secondary N) is 1. The molecule has 0 aromatic heterocycles. The summed E-state index contributed by atoms with van der Waals surface area (Å²) in [5.74, 6) is 0.378. The van der Waals surface area contributed by atoms with Gasteiger partial charge in [-0.05, 0) is 25.0 Å². The third kappa shape index (κ3) is 3.88. The smallest absolute Gasteiger partial charge is 0.255 e. The molecule has 1 aliphatic heterocycles. The van der Waals surface area contributed by atoms with Crippen LogP contribution in [0.1, 0.15) is 23.2 Å². The minimum absolute atomic E-state index is 0.0121. The van der Waals surface area contributed by atoms with Gasteiger partial charge in [0.25, 0.3) is 5.91 Å². The molecule has 0 aliphatic carbocycles. The molecule has 0 radical (unpaired) electrons. The zero-order valence-electron chi connectivity index (χ0n) is 12.0. The van der Waals surface area contributed by atoms with E-state index in [0.717, 1.165) is 12.8 Å². The number of halogens is 1. The fourth-order valence-electron chi connectivity index (χ4n) is 2.45. The standard InChI is InChI=1S/C15H19ClN2O3/c1-21-13-5-3-2-4-12(13)15(20)17-11-6-8-18(9-7-11)14(19)10-16/h2-5,11H,6-10H2,1H3,(H,17,20). The second-order valence-electron chi connectivity index (χ2n) is 4.96. The molecule has 0 saturated carbocycles. The number of carbonyl (C=O) groups excluding carboxylic acids is 2. The summed E-state index contributed by atoms with van der Waals surface area (Å²) in [5, 5.41) is 3.00. The van der Waals surface area contributed by atoms with Crippen LogP contribution in [-0.4, -0.2) is 48.8 Å². The van der Waals surface area contributed by atoms with Gasteiger partial charge in [0.15, 0.2) is 0 Å². The number of para-hydroxylation sites is 1. The van der Waals surface area contributed by atoms with Crippen molar-refractivity contribution < 1.29 is 14.3 Å². The molecule has 1 fully saturated rings. The lowest BCUT2D eigenvalue weighted by molar-refractivity contribution is -0.129. The molecule has 0 bridgehead atoms. The number of methoxy groups -OCH3 is 1.